The number of rotatable bonds is 1. The predicted molar refractivity (Wildman–Crippen MR) is 96.1 cm³/mol. The summed E-state index contributed by atoms with van der Waals surface area (Å²) in [6.07, 6.45) is 0. The van der Waals surface area contributed by atoms with Crippen LogP contribution in [-0.2, 0) is 0 Å². The Morgan fingerprint density at radius 2 is 2.10 bits per heavy atom. The standard InChI is InChI=1S/C15H14N2S2.BrH/c1-9-4-3-5-12-11(9)8-13(19-12)14-10(2)18-15-16-6-7-17(14)15;/h3-5,8H,6-7H2,1-2H3;1H. The van der Waals surface area contributed by atoms with Crippen molar-refractivity contribution in [3.8, 4) is 0 Å². The van der Waals surface area contributed by atoms with Crippen LogP contribution >= 0.6 is 40.1 Å². The van der Waals surface area contributed by atoms with Crippen LogP contribution in [0.15, 0.2) is 34.2 Å². The van der Waals surface area contributed by atoms with Gasteiger partial charge >= 0.3 is 0 Å². The average molecular weight is 367 g/mol. The number of thioether (sulfide) groups is 1. The van der Waals surface area contributed by atoms with Gasteiger partial charge < -0.3 is 4.90 Å². The van der Waals surface area contributed by atoms with Gasteiger partial charge in [-0.1, -0.05) is 23.9 Å². The molecule has 0 saturated heterocycles. The van der Waals surface area contributed by atoms with Crippen LogP contribution in [0.4, 0.5) is 0 Å². The van der Waals surface area contributed by atoms with Crippen molar-refractivity contribution in [2.24, 2.45) is 4.99 Å². The number of nitrogens with zero attached hydrogens (tertiary/aromatic N) is 2. The maximum atomic E-state index is 4.56. The number of halogens is 1. The van der Waals surface area contributed by atoms with Crippen molar-refractivity contribution >= 4 is 61.0 Å². The van der Waals surface area contributed by atoms with Gasteiger partial charge in [-0.15, -0.1) is 28.3 Å². The molecule has 0 unspecified atom stereocenters. The van der Waals surface area contributed by atoms with Crippen LogP contribution in [0, 0.1) is 6.92 Å². The molecular formula is C15H15BrN2S2. The summed E-state index contributed by atoms with van der Waals surface area (Å²) in [4.78, 5) is 9.69. The topological polar surface area (TPSA) is 15.6 Å². The van der Waals surface area contributed by atoms with Crippen LogP contribution < -0.4 is 0 Å². The lowest BCUT2D eigenvalue weighted by Crippen LogP contribution is -2.19. The maximum absolute atomic E-state index is 4.56. The van der Waals surface area contributed by atoms with E-state index < -0.39 is 0 Å². The first-order valence-corrected chi connectivity index (χ1v) is 8.07. The zero-order valence-corrected chi connectivity index (χ0v) is 14.7. The number of fused-ring (bicyclic) bond motifs is 2. The van der Waals surface area contributed by atoms with Gasteiger partial charge in [0.15, 0.2) is 5.17 Å². The van der Waals surface area contributed by atoms with Crippen LogP contribution in [0.25, 0.3) is 15.8 Å². The van der Waals surface area contributed by atoms with Gasteiger partial charge in [-0.3, -0.25) is 4.99 Å². The Hall–Kier alpha value is -0.780. The molecule has 0 radical (unpaired) electrons. The van der Waals surface area contributed by atoms with Crippen molar-refractivity contribution in [2.45, 2.75) is 13.8 Å². The van der Waals surface area contributed by atoms with E-state index >= 15 is 0 Å². The second kappa shape index (κ2) is 5.20. The van der Waals surface area contributed by atoms with E-state index in [-0.39, 0.29) is 17.0 Å². The summed E-state index contributed by atoms with van der Waals surface area (Å²) in [5, 5.41) is 2.57. The minimum absolute atomic E-state index is 0. The van der Waals surface area contributed by atoms with E-state index in [0.717, 1.165) is 13.1 Å². The first kappa shape index (κ1) is 14.2. The summed E-state index contributed by atoms with van der Waals surface area (Å²) >= 11 is 3.71. The molecule has 2 aromatic rings. The van der Waals surface area contributed by atoms with Crippen LogP contribution in [0.1, 0.15) is 17.4 Å². The van der Waals surface area contributed by atoms with Crippen molar-refractivity contribution in [3.05, 3.63) is 39.6 Å². The normalized spacial score (nSPS) is 17.5. The Kier molecular flexibility index (Phi) is 3.69. The number of hydrogen-bond acceptors (Lipinski definition) is 4. The molecule has 4 rings (SSSR count). The zero-order valence-electron chi connectivity index (χ0n) is 11.3. The second-order valence-electron chi connectivity index (χ2n) is 4.92. The molecule has 0 aliphatic carbocycles. The van der Waals surface area contributed by atoms with E-state index in [1.54, 1.807) is 0 Å². The molecule has 0 N–H and O–H groups in total. The maximum Gasteiger partial charge on any atom is 0.168 e. The Balaban J connectivity index is 0.00000121. The van der Waals surface area contributed by atoms with Gasteiger partial charge in [0.2, 0.25) is 0 Å². The molecule has 104 valence electrons. The number of aryl methyl sites for hydroxylation is 1. The number of thiophene rings is 1. The van der Waals surface area contributed by atoms with E-state index in [2.05, 4.69) is 48.0 Å². The number of aliphatic imine (C=N–C) groups is 1. The van der Waals surface area contributed by atoms with Crippen molar-refractivity contribution in [1.82, 2.24) is 4.90 Å². The van der Waals surface area contributed by atoms with Gasteiger partial charge in [-0.2, -0.15) is 0 Å². The highest BCUT2D eigenvalue weighted by Crippen LogP contribution is 2.44. The quantitative estimate of drug-likeness (QED) is 0.713. The highest BCUT2D eigenvalue weighted by molar-refractivity contribution is 8.93. The first-order chi connectivity index (χ1) is 9.24. The van der Waals surface area contributed by atoms with E-state index in [1.807, 2.05) is 23.1 Å². The predicted octanol–water partition coefficient (Wildman–Crippen LogP) is 4.89. The summed E-state index contributed by atoms with van der Waals surface area (Å²) < 4.78 is 1.38. The third-order valence-electron chi connectivity index (χ3n) is 3.66. The summed E-state index contributed by atoms with van der Waals surface area (Å²) in [5.74, 6) is 0. The van der Waals surface area contributed by atoms with Crippen molar-refractivity contribution in [3.63, 3.8) is 0 Å². The minimum Gasteiger partial charge on any atom is -0.317 e. The zero-order chi connectivity index (χ0) is 13.0. The number of allylic oxidation sites excluding steroid dienone is 1. The molecule has 1 aromatic heterocycles. The van der Waals surface area contributed by atoms with Gasteiger partial charge in [-0.25, -0.2) is 0 Å². The van der Waals surface area contributed by atoms with Gasteiger partial charge in [0.05, 0.1) is 17.1 Å². The third kappa shape index (κ3) is 2.03. The Morgan fingerprint density at radius 1 is 1.25 bits per heavy atom. The molecule has 0 amide bonds. The molecule has 0 fully saturated rings. The van der Waals surface area contributed by atoms with Crippen molar-refractivity contribution in [2.75, 3.05) is 13.1 Å². The lowest BCUT2D eigenvalue weighted by Gasteiger charge is -2.15. The molecule has 1 aromatic carbocycles. The largest absolute Gasteiger partial charge is 0.317 e. The van der Waals surface area contributed by atoms with Crippen LogP contribution in [0.3, 0.4) is 0 Å². The molecule has 0 bridgehead atoms. The SMILES string of the molecule is Br.CC1=C(c2cc3c(C)cccc3s2)N2CCN=C2S1. The highest BCUT2D eigenvalue weighted by atomic mass is 79.9. The van der Waals surface area contributed by atoms with Gasteiger partial charge in [0.1, 0.15) is 0 Å². The smallest absolute Gasteiger partial charge is 0.168 e. The second-order valence-corrected chi connectivity index (χ2v) is 7.19. The molecule has 2 aliphatic heterocycles. The summed E-state index contributed by atoms with van der Waals surface area (Å²) in [5.41, 5.74) is 2.74. The lowest BCUT2D eigenvalue weighted by molar-refractivity contribution is 0.649. The fourth-order valence-corrected chi connectivity index (χ4v) is 5.08. The molecular weight excluding hydrogens is 352 g/mol. The Labute approximate surface area is 137 Å². The molecule has 5 heteroatoms. The van der Waals surface area contributed by atoms with Crippen LogP contribution in [-0.4, -0.2) is 23.2 Å². The third-order valence-corrected chi connectivity index (χ3v) is 5.80. The summed E-state index contributed by atoms with van der Waals surface area (Å²) in [7, 11) is 0. The molecule has 2 aliphatic rings. The first-order valence-electron chi connectivity index (χ1n) is 6.44. The molecule has 3 heterocycles. The monoisotopic (exact) mass is 366 g/mol. The fourth-order valence-electron chi connectivity index (χ4n) is 2.73. The lowest BCUT2D eigenvalue weighted by atomic mass is 10.1. The number of hydrogen-bond donors (Lipinski definition) is 0. The Bertz CT molecular complexity index is 745. The molecule has 2 nitrogen and oxygen atoms in total. The van der Waals surface area contributed by atoms with Crippen LogP contribution in [0.2, 0.25) is 0 Å². The minimum atomic E-state index is 0. The van der Waals surface area contributed by atoms with E-state index in [4.69, 9.17) is 0 Å². The molecule has 0 saturated carbocycles. The van der Waals surface area contributed by atoms with Crippen molar-refractivity contribution in [1.29, 1.82) is 0 Å². The number of amidine groups is 1. The van der Waals surface area contributed by atoms with Gasteiger partial charge in [0, 0.05) is 16.1 Å². The van der Waals surface area contributed by atoms with E-state index in [1.165, 1.54) is 36.3 Å². The van der Waals surface area contributed by atoms with Gasteiger partial charge in [-0.05, 0) is 36.9 Å². The van der Waals surface area contributed by atoms with E-state index in [9.17, 15) is 0 Å². The fraction of sp³-hybridized carbons (Fsp3) is 0.267. The van der Waals surface area contributed by atoms with Crippen molar-refractivity contribution < 1.29 is 0 Å². The summed E-state index contributed by atoms with van der Waals surface area (Å²) in [6, 6.07) is 8.89. The number of benzene rings is 1. The average Bonchev–Trinajstić information content (AvgIpc) is 3.02. The van der Waals surface area contributed by atoms with Crippen LogP contribution in [0.5, 0.6) is 0 Å². The highest BCUT2D eigenvalue weighted by Gasteiger charge is 2.31. The molecule has 0 spiro atoms. The van der Waals surface area contributed by atoms with E-state index in [0.29, 0.717) is 0 Å². The molecule has 20 heavy (non-hydrogen) atoms. The van der Waals surface area contributed by atoms with Gasteiger partial charge in [0.25, 0.3) is 0 Å². The molecule has 0 atom stereocenters. The Morgan fingerprint density at radius 3 is 2.90 bits per heavy atom. The summed E-state index contributed by atoms with van der Waals surface area (Å²) in [6.45, 7) is 6.36.